The third kappa shape index (κ3) is 7.42. The number of hydrogen-bond acceptors (Lipinski definition) is 7. The zero-order valence-electron chi connectivity index (χ0n) is 22.9. The van der Waals surface area contributed by atoms with Gasteiger partial charge in [0.05, 0.1) is 5.69 Å². The molecule has 2 heterocycles. The molecule has 7 heteroatoms. The van der Waals surface area contributed by atoms with Crippen molar-refractivity contribution in [2.24, 2.45) is 0 Å². The molecule has 0 radical (unpaired) electrons. The number of aromatic nitrogens is 3. The van der Waals surface area contributed by atoms with Gasteiger partial charge in [0.15, 0.2) is 16.6 Å². The number of carbonyl (C=O) groups excluding carboxylic acids is 1. The molecule has 4 rings (SSSR count). The standard InChI is InChI=1S/C33H33N5OS/c1-4-5-6-7-11-23(2)28-20-26-22-36-33(40-3)38-32(26)37-31(28)25-13-10-12-24(16-17-25)21-35-19-18-30(39)27-14-8-9-15-29(27)34/h5-11,13-17,20,22,35H,1,12,18-19,21,34H2,2-3H3/b7-6-,23-11+. The largest absolute Gasteiger partial charge is 0.398 e. The average Bonchev–Trinajstić information content (AvgIpc) is 3.22. The van der Waals surface area contributed by atoms with Crippen LogP contribution in [0.1, 0.15) is 41.4 Å². The van der Waals surface area contributed by atoms with Crippen LogP contribution < -0.4 is 11.1 Å². The number of nitrogens with one attached hydrogen (secondary N) is 1. The SMILES string of the molecule is C=C=C/C=C\C=C(/C)c1cc2cnc(SC)nc2nc1C1=CC=C(CNCCC(=O)c2ccccc2N)CC=C1. The van der Waals surface area contributed by atoms with Gasteiger partial charge in [-0.15, -0.1) is 5.73 Å². The molecule has 0 saturated heterocycles. The predicted octanol–water partition coefficient (Wildman–Crippen LogP) is 6.76. The molecule has 1 aliphatic rings. The minimum atomic E-state index is 0.0460. The summed E-state index contributed by atoms with van der Waals surface area (Å²) >= 11 is 1.50. The Balaban J connectivity index is 1.55. The number of hydrogen-bond donors (Lipinski definition) is 2. The molecule has 0 spiro atoms. The van der Waals surface area contributed by atoms with Gasteiger partial charge >= 0.3 is 0 Å². The molecule has 0 atom stereocenters. The Labute approximate surface area is 239 Å². The number of pyridine rings is 1. The molecule has 1 aliphatic carbocycles. The van der Waals surface area contributed by atoms with Crippen molar-refractivity contribution in [3.63, 3.8) is 0 Å². The van der Waals surface area contributed by atoms with E-state index in [2.05, 4.69) is 64.9 Å². The van der Waals surface area contributed by atoms with Gasteiger partial charge in [0, 0.05) is 53.5 Å². The molecule has 2 aromatic heterocycles. The van der Waals surface area contributed by atoms with Crippen molar-refractivity contribution in [2.75, 3.05) is 25.1 Å². The van der Waals surface area contributed by atoms with Gasteiger partial charge in [-0.2, -0.15) is 0 Å². The maximum Gasteiger partial charge on any atom is 0.189 e. The van der Waals surface area contributed by atoms with Gasteiger partial charge in [-0.1, -0.05) is 78.6 Å². The molecular weight excluding hydrogens is 514 g/mol. The first-order chi connectivity index (χ1) is 19.5. The second kappa shape index (κ2) is 14.2. The molecule has 3 aromatic rings. The zero-order valence-corrected chi connectivity index (χ0v) is 23.7. The van der Waals surface area contributed by atoms with Crippen molar-refractivity contribution in [3.05, 3.63) is 120 Å². The Bertz CT molecular complexity index is 1610. The summed E-state index contributed by atoms with van der Waals surface area (Å²) in [6.45, 7) is 6.94. The van der Waals surface area contributed by atoms with Crippen molar-refractivity contribution in [2.45, 2.75) is 24.9 Å². The Kier molecular flexibility index (Phi) is 10.2. The first kappa shape index (κ1) is 28.7. The van der Waals surface area contributed by atoms with E-state index < -0.39 is 0 Å². The number of fused-ring (bicyclic) bond motifs is 1. The zero-order chi connectivity index (χ0) is 28.3. The van der Waals surface area contributed by atoms with Crippen LogP contribution in [0.4, 0.5) is 5.69 Å². The lowest BCUT2D eigenvalue weighted by atomic mass is 9.98. The number of allylic oxidation sites excluding steroid dienone is 10. The maximum absolute atomic E-state index is 12.5. The van der Waals surface area contributed by atoms with Crippen LogP contribution in [0.3, 0.4) is 0 Å². The van der Waals surface area contributed by atoms with Crippen LogP contribution in [0.2, 0.25) is 0 Å². The minimum Gasteiger partial charge on any atom is -0.398 e. The lowest BCUT2D eigenvalue weighted by Gasteiger charge is -2.12. The van der Waals surface area contributed by atoms with E-state index in [1.54, 1.807) is 18.2 Å². The molecule has 6 nitrogen and oxygen atoms in total. The first-order valence-electron chi connectivity index (χ1n) is 13.1. The lowest BCUT2D eigenvalue weighted by Crippen LogP contribution is -2.21. The number of rotatable bonds is 11. The highest BCUT2D eigenvalue weighted by Gasteiger charge is 2.14. The van der Waals surface area contributed by atoms with Crippen LogP contribution in [0, 0.1) is 0 Å². The molecule has 0 fully saturated rings. The molecule has 0 unspecified atom stereocenters. The van der Waals surface area contributed by atoms with E-state index in [1.807, 2.05) is 42.8 Å². The van der Waals surface area contributed by atoms with Crippen molar-refractivity contribution in [3.8, 4) is 0 Å². The number of para-hydroxylation sites is 1. The number of Topliss-reactive ketones (excluding diaryl/α,β-unsaturated/α-hetero) is 1. The lowest BCUT2D eigenvalue weighted by molar-refractivity contribution is 0.0983. The monoisotopic (exact) mass is 547 g/mol. The van der Waals surface area contributed by atoms with E-state index in [9.17, 15) is 4.79 Å². The summed E-state index contributed by atoms with van der Waals surface area (Å²) in [5.41, 5.74) is 15.7. The van der Waals surface area contributed by atoms with Gasteiger partial charge in [-0.3, -0.25) is 4.79 Å². The summed E-state index contributed by atoms with van der Waals surface area (Å²) in [7, 11) is 0. The van der Waals surface area contributed by atoms with E-state index in [4.69, 9.17) is 10.7 Å². The Hall–Kier alpha value is -4.29. The topological polar surface area (TPSA) is 93.8 Å². The highest BCUT2D eigenvalue weighted by atomic mass is 32.2. The van der Waals surface area contributed by atoms with Crippen molar-refractivity contribution >= 4 is 45.4 Å². The van der Waals surface area contributed by atoms with Crippen LogP contribution in [0.15, 0.2) is 108 Å². The van der Waals surface area contributed by atoms with Crippen LogP contribution in [0.5, 0.6) is 0 Å². The van der Waals surface area contributed by atoms with E-state index in [-0.39, 0.29) is 5.78 Å². The van der Waals surface area contributed by atoms with E-state index in [0.717, 1.165) is 34.2 Å². The first-order valence-corrected chi connectivity index (χ1v) is 14.3. The number of anilines is 1. The van der Waals surface area contributed by atoms with E-state index in [0.29, 0.717) is 41.6 Å². The number of benzene rings is 1. The van der Waals surface area contributed by atoms with Crippen LogP contribution in [-0.4, -0.2) is 40.1 Å². The van der Waals surface area contributed by atoms with Crippen LogP contribution in [0.25, 0.3) is 22.2 Å². The summed E-state index contributed by atoms with van der Waals surface area (Å²) in [6, 6.07) is 9.30. The Morgan fingerprint density at radius 1 is 1.20 bits per heavy atom. The van der Waals surface area contributed by atoms with Crippen LogP contribution in [-0.2, 0) is 0 Å². The third-order valence-corrected chi connectivity index (χ3v) is 6.98. The number of thioether (sulfide) groups is 1. The number of ketones is 1. The normalized spacial score (nSPS) is 13.6. The fourth-order valence-electron chi connectivity index (χ4n) is 4.27. The molecule has 0 saturated carbocycles. The summed E-state index contributed by atoms with van der Waals surface area (Å²) in [5, 5.41) is 4.99. The fraction of sp³-hybridized carbons (Fsp3) is 0.182. The minimum absolute atomic E-state index is 0.0460. The second-order valence-electron chi connectivity index (χ2n) is 9.25. The summed E-state index contributed by atoms with van der Waals surface area (Å²) < 4.78 is 0. The van der Waals surface area contributed by atoms with Gasteiger partial charge in [0.25, 0.3) is 0 Å². The number of carbonyl (C=O) groups is 1. The molecule has 1 aromatic carbocycles. The maximum atomic E-state index is 12.5. The average molecular weight is 548 g/mol. The Morgan fingerprint density at radius 3 is 2.85 bits per heavy atom. The molecule has 0 bridgehead atoms. The smallest absolute Gasteiger partial charge is 0.189 e. The van der Waals surface area contributed by atoms with Crippen molar-refractivity contribution in [1.82, 2.24) is 20.3 Å². The molecule has 0 amide bonds. The van der Waals surface area contributed by atoms with Gasteiger partial charge in [0.2, 0.25) is 0 Å². The molecule has 202 valence electrons. The van der Waals surface area contributed by atoms with Crippen molar-refractivity contribution < 1.29 is 4.79 Å². The highest BCUT2D eigenvalue weighted by Crippen LogP contribution is 2.30. The number of nitrogens with zero attached hydrogens (tertiary/aromatic N) is 3. The fourth-order valence-corrected chi connectivity index (χ4v) is 4.61. The van der Waals surface area contributed by atoms with Gasteiger partial charge in [-0.05, 0) is 49.4 Å². The summed E-state index contributed by atoms with van der Waals surface area (Å²) in [5.74, 6) is 0.0460. The molecular formula is C33H33N5OS. The van der Waals surface area contributed by atoms with Gasteiger partial charge < -0.3 is 11.1 Å². The van der Waals surface area contributed by atoms with Gasteiger partial charge in [0.1, 0.15) is 0 Å². The molecule has 0 aliphatic heterocycles. The Morgan fingerprint density at radius 2 is 2.05 bits per heavy atom. The number of nitrogen functional groups attached to an aromatic ring is 1. The molecule has 40 heavy (non-hydrogen) atoms. The third-order valence-electron chi connectivity index (χ3n) is 6.42. The highest BCUT2D eigenvalue weighted by molar-refractivity contribution is 7.98. The van der Waals surface area contributed by atoms with E-state index >= 15 is 0 Å². The summed E-state index contributed by atoms with van der Waals surface area (Å²) in [6.07, 6.45) is 21.2. The van der Waals surface area contributed by atoms with E-state index in [1.165, 1.54) is 17.3 Å². The second-order valence-corrected chi connectivity index (χ2v) is 10.0. The summed E-state index contributed by atoms with van der Waals surface area (Å²) in [4.78, 5) is 26.6. The number of nitrogens with two attached hydrogens (primary N) is 1. The quantitative estimate of drug-likeness (QED) is 0.0521. The molecule has 3 N–H and O–H groups in total. The van der Waals surface area contributed by atoms with Gasteiger partial charge in [-0.25, -0.2) is 15.0 Å². The van der Waals surface area contributed by atoms with Crippen LogP contribution >= 0.6 is 11.8 Å². The van der Waals surface area contributed by atoms with Crippen molar-refractivity contribution in [1.29, 1.82) is 0 Å². The predicted molar refractivity (Wildman–Crippen MR) is 168 cm³/mol.